The van der Waals surface area contributed by atoms with Crippen molar-refractivity contribution in [3.8, 4) is 0 Å². The van der Waals surface area contributed by atoms with Gasteiger partial charge in [-0.2, -0.15) is 5.06 Å². The van der Waals surface area contributed by atoms with Gasteiger partial charge >= 0.3 is 0 Å². The second-order valence-electron chi connectivity index (χ2n) is 15.8. The van der Waals surface area contributed by atoms with Crippen LogP contribution in [0.2, 0.25) is 0 Å². The van der Waals surface area contributed by atoms with E-state index in [1.165, 1.54) is 71.5 Å². The first-order chi connectivity index (χ1) is 17.5. The van der Waals surface area contributed by atoms with Gasteiger partial charge in [0, 0.05) is 35.0 Å². The summed E-state index contributed by atoms with van der Waals surface area (Å²) in [4.78, 5) is 0. The van der Waals surface area contributed by atoms with Gasteiger partial charge in [0.1, 0.15) is 39.3 Å². The largest absolute Gasteiger partial charge is 0.378 e. The molecule has 221 valence electrons. The van der Waals surface area contributed by atoms with E-state index >= 15 is 0 Å². The second kappa shape index (κ2) is 10.8. The first kappa shape index (κ1) is 30.6. The van der Waals surface area contributed by atoms with E-state index in [4.69, 9.17) is 9.47 Å². The molecule has 0 aromatic heterocycles. The Hall–Kier alpha value is -0.320. The number of nitrogens with zero attached hydrogens (tertiary/aromatic N) is 4. The Morgan fingerprint density at radius 3 is 1.29 bits per heavy atom. The number of rotatable bonds is 10. The molecule has 0 aromatic rings. The van der Waals surface area contributed by atoms with E-state index in [1.54, 1.807) is 0 Å². The van der Waals surface area contributed by atoms with Gasteiger partial charge in [0.2, 0.25) is 0 Å². The average molecular weight is 540 g/mol. The number of ether oxygens (including phenoxy) is 2. The van der Waals surface area contributed by atoms with Crippen LogP contribution in [0.5, 0.6) is 0 Å². The van der Waals surface area contributed by atoms with Crippen molar-refractivity contribution in [2.45, 2.75) is 128 Å². The lowest BCUT2D eigenvalue weighted by molar-refractivity contribution is -1.08. The first-order valence-electron chi connectivity index (χ1n) is 15.4. The number of fused-ring (bicyclic) bond motifs is 3. The summed E-state index contributed by atoms with van der Waals surface area (Å²) in [6.07, 6.45) is 6.05. The monoisotopic (exact) mass is 539 g/mol. The molecule has 0 atom stereocenters. The molecule has 0 aliphatic carbocycles. The van der Waals surface area contributed by atoms with Gasteiger partial charge in [-0.05, 0) is 81.1 Å². The van der Waals surface area contributed by atoms with Crippen LogP contribution in [0.4, 0.5) is 0 Å². The van der Waals surface area contributed by atoms with E-state index in [0.29, 0.717) is 0 Å². The van der Waals surface area contributed by atoms with E-state index in [-0.39, 0.29) is 34.4 Å². The zero-order valence-corrected chi connectivity index (χ0v) is 25.9. The summed E-state index contributed by atoms with van der Waals surface area (Å²) in [5, 5.41) is 26.0. The number of hydroxylamine groups is 4. The fourth-order valence-electron chi connectivity index (χ4n) is 8.50. The summed E-state index contributed by atoms with van der Waals surface area (Å²) in [6.45, 7) is 28.5. The minimum atomic E-state index is -0.357. The molecule has 0 aromatic carbocycles. The molecule has 0 saturated carbocycles. The van der Waals surface area contributed by atoms with Crippen LogP contribution < -0.4 is 0 Å². The third kappa shape index (κ3) is 6.59. The van der Waals surface area contributed by atoms with Crippen LogP contribution in [0, 0.1) is 0 Å². The van der Waals surface area contributed by atoms with Crippen LogP contribution in [-0.2, 0) is 14.7 Å². The molecule has 8 nitrogen and oxygen atoms in total. The van der Waals surface area contributed by atoms with Gasteiger partial charge in [-0.25, -0.2) is 0 Å². The maximum atomic E-state index is 12.6. The highest BCUT2D eigenvalue weighted by Gasteiger charge is 2.49. The SMILES string of the molecule is CC1(C)CC(OCCC[N+]23CC[N+](CCCOC4CC(C)(C)N(O)C(C)(C)C4)(CC2)CC3)CC(C)(C)N1[O]. The molecule has 8 heteroatoms. The molecule has 2 bridgehead atoms. The van der Waals surface area contributed by atoms with Crippen molar-refractivity contribution in [2.75, 3.05) is 65.6 Å². The van der Waals surface area contributed by atoms with Gasteiger partial charge in [0.05, 0.1) is 38.5 Å². The highest BCUT2D eigenvalue weighted by Crippen LogP contribution is 2.39. The number of piperidine rings is 2. The molecular weight excluding hydrogens is 480 g/mol. The van der Waals surface area contributed by atoms with Crippen molar-refractivity contribution in [3.63, 3.8) is 0 Å². The Kier molecular flexibility index (Phi) is 8.73. The van der Waals surface area contributed by atoms with Crippen molar-refractivity contribution >= 4 is 0 Å². The highest BCUT2D eigenvalue weighted by atomic mass is 16.5. The molecule has 1 N–H and O–H groups in total. The molecule has 5 rings (SSSR count). The molecule has 0 spiro atoms. The molecule has 5 saturated heterocycles. The van der Waals surface area contributed by atoms with E-state index in [2.05, 4.69) is 55.4 Å². The molecule has 5 heterocycles. The Balaban J connectivity index is 1.14. The van der Waals surface area contributed by atoms with E-state index in [9.17, 15) is 10.4 Å². The van der Waals surface area contributed by atoms with Crippen LogP contribution >= 0.6 is 0 Å². The summed E-state index contributed by atoms with van der Waals surface area (Å²) in [7, 11) is 0. The maximum Gasteiger partial charge on any atom is 0.129 e. The zero-order chi connectivity index (χ0) is 28.0. The minimum Gasteiger partial charge on any atom is -0.378 e. The van der Waals surface area contributed by atoms with Gasteiger partial charge < -0.3 is 23.6 Å². The number of hydrogen-bond donors (Lipinski definition) is 1. The van der Waals surface area contributed by atoms with Crippen molar-refractivity contribution in [1.82, 2.24) is 10.1 Å². The minimum absolute atomic E-state index is 0.188. The highest BCUT2D eigenvalue weighted by molar-refractivity contribution is 4.97. The van der Waals surface area contributed by atoms with Gasteiger partial charge in [-0.3, -0.25) is 0 Å². The van der Waals surface area contributed by atoms with Crippen molar-refractivity contribution in [3.05, 3.63) is 0 Å². The lowest BCUT2D eigenvalue weighted by Gasteiger charge is -2.55. The fourth-order valence-corrected chi connectivity index (χ4v) is 8.50. The third-order valence-corrected chi connectivity index (χ3v) is 10.6. The van der Waals surface area contributed by atoms with Crippen molar-refractivity contribution in [2.24, 2.45) is 0 Å². The van der Waals surface area contributed by atoms with Crippen LogP contribution in [0.3, 0.4) is 0 Å². The predicted octanol–water partition coefficient (Wildman–Crippen LogP) is 4.24. The predicted molar refractivity (Wildman–Crippen MR) is 149 cm³/mol. The molecule has 0 amide bonds. The standard InChI is InChI=1S/C30H59N4O4/c1-27(2)21-25(22-28(3,4)31(27)35)37-19-9-11-33-13-16-34(17-14-33,18-15-33)12-10-20-38-26-23-29(5,6)32(36)30(7,8)24-26/h25-26,35H,9-24H2,1-8H3/q+2. The summed E-state index contributed by atoms with van der Waals surface area (Å²) in [6, 6.07) is 0. The molecule has 5 fully saturated rings. The average Bonchev–Trinajstić information content (AvgIpc) is 2.82. The van der Waals surface area contributed by atoms with Crippen molar-refractivity contribution in [1.29, 1.82) is 0 Å². The van der Waals surface area contributed by atoms with E-state index < -0.39 is 0 Å². The molecule has 0 unspecified atom stereocenters. The van der Waals surface area contributed by atoms with Crippen molar-refractivity contribution < 1.29 is 28.9 Å². The lowest BCUT2D eigenvalue weighted by Crippen LogP contribution is -2.75. The number of piperazine rings is 3. The molecule has 1 radical (unpaired) electrons. The normalized spacial score (nSPS) is 35.5. The fraction of sp³-hybridized carbons (Fsp3) is 1.00. The molecule has 5 aliphatic rings. The molecule has 38 heavy (non-hydrogen) atoms. The maximum absolute atomic E-state index is 12.6. The van der Waals surface area contributed by atoms with E-state index in [0.717, 1.165) is 51.7 Å². The third-order valence-electron chi connectivity index (χ3n) is 10.6. The summed E-state index contributed by atoms with van der Waals surface area (Å²) < 4.78 is 15.3. The lowest BCUT2D eigenvalue weighted by atomic mass is 9.80. The van der Waals surface area contributed by atoms with E-state index in [1.807, 2.05) is 0 Å². The first-order valence-corrected chi connectivity index (χ1v) is 15.4. The van der Waals surface area contributed by atoms with Crippen LogP contribution in [-0.4, -0.2) is 124 Å². The topological polar surface area (TPSA) is 65.1 Å². The summed E-state index contributed by atoms with van der Waals surface area (Å²) in [5.41, 5.74) is -1.21. The Morgan fingerprint density at radius 1 is 0.632 bits per heavy atom. The van der Waals surface area contributed by atoms with Crippen LogP contribution in [0.15, 0.2) is 0 Å². The smallest absolute Gasteiger partial charge is 0.129 e. The Morgan fingerprint density at radius 2 is 0.947 bits per heavy atom. The van der Waals surface area contributed by atoms with Crippen LogP contribution in [0.25, 0.3) is 0 Å². The quantitative estimate of drug-likeness (QED) is 0.332. The zero-order valence-electron chi connectivity index (χ0n) is 25.9. The molecule has 5 aliphatic heterocycles. The number of hydrogen-bond acceptors (Lipinski definition) is 5. The Labute approximate surface area is 232 Å². The van der Waals surface area contributed by atoms with Gasteiger partial charge in [0.25, 0.3) is 0 Å². The van der Waals surface area contributed by atoms with Gasteiger partial charge in [0.15, 0.2) is 0 Å². The van der Waals surface area contributed by atoms with Gasteiger partial charge in [-0.1, -0.05) is 0 Å². The summed E-state index contributed by atoms with van der Waals surface area (Å²) >= 11 is 0. The molecular formula is C30H59N4O4+2. The van der Waals surface area contributed by atoms with Gasteiger partial charge in [-0.15, -0.1) is 10.3 Å². The Bertz CT molecular complexity index is 688. The second-order valence-corrected chi connectivity index (χ2v) is 15.8. The van der Waals surface area contributed by atoms with Crippen LogP contribution in [0.1, 0.15) is 93.9 Å². The summed E-state index contributed by atoms with van der Waals surface area (Å²) in [5.74, 6) is 0. The number of quaternary nitrogens is 2.